The molecule has 0 unspecified atom stereocenters. The van der Waals surface area contributed by atoms with Crippen LogP contribution in [0.25, 0.3) is 0 Å². The topological polar surface area (TPSA) is 69.7 Å². The highest BCUT2D eigenvalue weighted by Gasteiger charge is 2.56. The van der Waals surface area contributed by atoms with Gasteiger partial charge in [-0.05, 0) is 56.2 Å². The molecule has 4 rings (SSSR count). The maximum absolute atomic E-state index is 13.3. The number of halogens is 1. The molecule has 1 N–H and O–H groups in total. The summed E-state index contributed by atoms with van der Waals surface area (Å²) in [5.74, 6) is -0.691. The zero-order chi connectivity index (χ0) is 20.6. The van der Waals surface area contributed by atoms with Crippen LogP contribution in [0.2, 0.25) is 0 Å². The molecule has 1 heterocycles. The first kappa shape index (κ1) is 19.9. The lowest BCUT2D eigenvalue weighted by Gasteiger charge is -2.35. The molecule has 1 aliphatic heterocycles. The number of carbonyl (C=O) groups excluding carboxylic acids is 3. The van der Waals surface area contributed by atoms with Crippen LogP contribution in [0.1, 0.15) is 57.4 Å². The molecule has 0 radical (unpaired) electrons. The van der Waals surface area contributed by atoms with E-state index in [4.69, 9.17) is 0 Å². The summed E-state index contributed by atoms with van der Waals surface area (Å²) in [6.45, 7) is 1.87. The molecule has 0 bridgehead atoms. The summed E-state index contributed by atoms with van der Waals surface area (Å²) in [7, 11) is 0. The summed E-state index contributed by atoms with van der Waals surface area (Å²) in [6.07, 6.45) is 6.93. The summed E-state index contributed by atoms with van der Waals surface area (Å²) in [5, 5.41) is 2.80. The van der Waals surface area contributed by atoms with Gasteiger partial charge in [0.25, 0.3) is 5.91 Å². The Bertz CT molecular complexity index is 802. The first-order valence-corrected chi connectivity index (χ1v) is 10.6. The molecule has 3 aliphatic rings. The van der Waals surface area contributed by atoms with Crippen LogP contribution in [0.3, 0.4) is 0 Å². The van der Waals surface area contributed by atoms with E-state index in [1.807, 2.05) is 0 Å². The average Bonchev–Trinajstić information content (AvgIpc) is 3.54. The van der Waals surface area contributed by atoms with E-state index >= 15 is 0 Å². The van der Waals surface area contributed by atoms with Gasteiger partial charge in [0.2, 0.25) is 5.91 Å². The third-order valence-electron chi connectivity index (χ3n) is 6.59. The van der Waals surface area contributed by atoms with Crippen LogP contribution >= 0.6 is 0 Å². The number of carbonyl (C=O) groups is 3. The van der Waals surface area contributed by atoms with Crippen molar-refractivity contribution in [1.29, 1.82) is 0 Å². The highest BCUT2D eigenvalue weighted by molar-refractivity contribution is 6.09. The van der Waals surface area contributed by atoms with E-state index in [2.05, 4.69) is 5.32 Å². The second-order valence-electron chi connectivity index (χ2n) is 8.74. The molecule has 1 aromatic carbocycles. The lowest BCUT2D eigenvalue weighted by molar-refractivity contribution is -0.141. The van der Waals surface area contributed by atoms with Crippen molar-refractivity contribution in [2.45, 2.75) is 70.0 Å². The predicted octanol–water partition coefficient (Wildman–Crippen LogP) is 3.21. The number of rotatable bonds is 6. The standard InChI is InChI=1S/C22H28FN3O3/c1-22(16-9-10-16)20(28)26(21(29)24-22)14-19(27)25(18-5-3-2-4-6-18)13-15-7-11-17(23)12-8-15/h7-8,11-12,16,18H,2-6,9-10,13-14H2,1H3,(H,24,29)/t22-/m0/s1. The Hall–Kier alpha value is -2.44. The Balaban J connectivity index is 1.50. The van der Waals surface area contributed by atoms with Gasteiger partial charge < -0.3 is 10.2 Å². The molecule has 29 heavy (non-hydrogen) atoms. The zero-order valence-electron chi connectivity index (χ0n) is 16.8. The van der Waals surface area contributed by atoms with Crippen LogP contribution in [0, 0.1) is 11.7 Å². The molecule has 3 fully saturated rings. The average molecular weight is 401 g/mol. The van der Waals surface area contributed by atoms with Crippen LogP contribution < -0.4 is 5.32 Å². The number of amides is 4. The fourth-order valence-corrected chi connectivity index (χ4v) is 4.62. The number of urea groups is 1. The molecular weight excluding hydrogens is 373 g/mol. The number of benzene rings is 1. The minimum absolute atomic E-state index is 0.0804. The van der Waals surface area contributed by atoms with Gasteiger partial charge in [0.05, 0.1) is 0 Å². The summed E-state index contributed by atoms with van der Waals surface area (Å²) in [5.41, 5.74) is -0.0467. The largest absolute Gasteiger partial charge is 0.334 e. The lowest BCUT2D eigenvalue weighted by atomic mass is 9.93. The summed E-state index contributed by atoms with van der Waals surface area (Å²) in [6, 6.07) is 5.72. The minimum Gasteiger partial charge on any atom is -0.334 e. The van der Waals surface area contributed by atoms with Crippen LogP contribution in [-0.4, -0.2) is 45.8 Å². The monoisotopic (exact) mass is 401 g/mol. The minimum atomic E-state index is -0.885. The highest BCUT2D eigenvalue weighted by atomic mass is 19.1. The van der Waals surface area contributed by atoms with Crippen molar-refractivity contribution in [3.8, 4) is 0 Å². The van der Waals surface area contributed by atoms with Crippen LogP contribution in [0.5, 0.6) is 0 Å². The van der Waals surface area contributed by atoms with E-state index in [1.165, 1.54) is 12.1 Å². The van der Waals surface area contributed by atoms with Crippen molar-refractivity contribution in [1.82, 2.24) is 15.1 Å². The normalized spacial score (nSPS) is 25.2. The van der Waals surface area contributed by atoms with Crippen molar-refractivity contribution < 1.29 is 18.8 Å². The molecule has 1 atom stereocenters. The van der Waals surface area contributed by atoms with Gasteiger partial charge in [0.1, 0.15) is 17.9 Å². The van der Waals surface area contributed by atoms with Gasteiger partial charge in [-0.3, -0.25) is 14.5 Å². The van der Waals surface area contributed by atoms with Gasteiger partial charge in [-0.15, -0.1) is 0 Å². The lowest BCUT2D eigenvalue weighted by Crippen LogP contribution is -2.49. The highest BCUT2D eigenvalue weighted by Crippen LogP contribution is 2.42. The van der Waals surface area contributed by atoms with Crippen molar-refractivity contribution in [2.75, 3.05) is 6.54 Å². The Morgan fingerprint density at radius 2 is 1.79 bits per heavy atom. The summed E-state index contributed by atoms with van der Waals surface area (Å²) < 4.78 is 13.3. The Morgan fingerprint density at radius 1 is 1.14 bits per heavy atom. The number of nitrogens with one attached hydrogen (secondary N) is 1. The van der Waals surface area contributed by atoms with Gasteiger partial charge >= 0.3 is 6.03 Å². The third kappa shape index (κ3) is 4.00. The molecule has 6 nitrogen and oxygen atoms in total. The molecule has 1 aromatic rings. The first-order valence-electron chi connectivity index (χ1n) is 10.6. The van der Waals surface area contributed by atoms with Gasteiger partial charge in [-0.2, -0.15) is 0 Å². The maximum atomic E-state index is 13.3. The molecule has 2 aliphatic carbocycles. The molecule has 0 spiro atoms. The van der Waals surface area contributed by atoms with Crippen molar-refractivity contribution in [2.24, 2.45) is 5.92 Å². The van der Waals surface area contributed by atoms with E-state index in [0.717, 1.165) is 55.4 Å². The molecule has 7 heteroatoms. The Morgan fingerprint density at radius 3 is 2.41 bits per heavy atom. The van der Waals surface area contributed by atoms with Crippen molar-refractivity contribution in [3.63, 3.8) is 0 Å². The van der Waals surface area contributed by atoms with Crippen LogP contribution in [0.4, 0.5) is 9.18 Å². The number of hydrogen-bond donors (Lipinski definition) is 1. The SMILES string of the molecule is C[C@@]1(C2CC2)NC(=O)N(CC(=O)N(Cc2ccc(F)cc2)C2CCCCC2)C1=O. The molecule has 1 saturated heterocycles. The van der Waals surface area contributed by atoms with Gasteiger partial charge in [0.15, 0.2) is 0 Å². The van der Waals surface area contributed by atoms with Crippen LogP contribution in [-0.2, 0) is 16.1 Å². The van der Waals surface area contributed by atoms with Crippen molar-refractivity contribution in [3.05, 3.63) is 35.6 Å². The van der Waals surface area contributed by atoms with E-state index in [-0.39, 0.29) is 36.1 Å². The van der Waals surface area contributed by atoms with Gasteiger partial charge in [0, 0.05) is 12.6 Å². The molecular formula is C22H28FN3O3. The molecule has 0 aromatic heterocycles. The fraction of sp³-hybridized carbons (Fsp3) is 0.591. The number of imide groups is 1. The summed E-state index contributed by atoms with van der Waals surface area (Å²) in [4.78, 5) is 41.4. The van der Waals surface area contributed by atoms with Crippen molar-refractivity contribution >= 4 is 17.8 Å². The Labute approximate surface area is 170 Å². The maximum Gasteiger partial charge on any atom is 0.325 e. The molecule has 2 saturated carbocycles. The van der Waals surface area contributed by atoms with E-state index < -0.39 is 11.6 Å². The third-order valence-corrected chi connectivity index (χ3v) is 6.59. The van der Waals surface area contributed by atoms with E-state index in [9.17, 15) is 18.8 Å². The molecule has 156 valence electrons. The Kier molecular flexibility index (Phi) is 5.32. The summed E-state index contributed by atoms with van der Waals surface area (Å²) >= 11 is 0. The second kappa shape index (κ2) is 7.76. The number of nitrogens with zero attached hydrogens (tertiary/aromatic N) is 2. The van der Waals surface area contributed by atoms with Gasteiger partial charge in [-0.1, -0.05) is 31.4 Å². The zero-order valence-corrected chi connectivity index (χ0v) is 16.8. The predicted molar refractivity (Wildman–Crippen MR) is 105 cm³/mol. The first-order chi connectivity index (χ1) is 13.9. The number of hydrogen-bond acceptors (Lipinski definition) is 3. The van der Waals surface area contributed by atoms with E-state index in [1.54, 1.807) is 24.0 Å². The smallest absolute Gasteiger partial charge is 0.325 e. The second-order valence-corrected chi connectivity index (χ2v) is 8.74. The molecule has 4 amide bonds. The van der Waals surface area contributed by atoms with E-state index in [0.29, 0.717) is 6.54 Å². The van der Waals surface area contributed by atoms with Crippen LogP contribution in [0.15, 0.2) is 24.3 Å². The quantitative estimate of drug-likeness (QED) is 0.744. The fourth-order valence-electron chi connectivity index (χ4n) is 4.62. The van der Waals surface area contributed by atoms with Gasteiger partial charge in [-0.25, -0.2) is 9.18 Å².